The maximum absolute atomic E-state index is 12.8. The van der Waals surface area contributed by atoms with E-state index in [1.165, 1.54) is 16.9 Å². The number of nitrogens with zero attached hydrogens (tertiary/aromatic N) is 1. The van der Waals surface area contributed by atoms with Gasteiger partial charge >= 0.3 is 5.97 Å². The zero-order valence-corrected chi connectivity index (χ0v) is 13.5. The van der Waals surface area contributed by atoms with Crippen LogP contribution in [-0.2, 0) is 22.4 Å². The van der Waals surface area contributed by atoms with Crippen molar-refractivity contribution in [2.45, 2.75) is 38.6 Å². The van der Waals surface area contributed by atoms with E-state index in [1.807, 2.05) is 6.07 Å². The summed E-state index contributed by atoms with van der Waals surface area (Å²) in [5.74, 6) is -0.262. The molecule has 120 valence electrons. The zero-order valence-electron chi connectivity index (χ0n) is 12.7. The summed E-state index contributed by atoms with van der Waals surface area (Å²) in [6.45, 7) is 3.49. The third kappa shape index (κ3) is 3.17. The number of aliphatic carboxylic acids is 1. The second kappa shape index (κ2) is 6.38. The quantitative estimate of drug-likeness (QED) is 0.926. The van der Waals surface area contributed by atoms with Gasteiger partial charge in [-0.15, -0.1) is 11.3 Å². The summed E-state index contributed by atoms with van der Waals surface area (Å²) in [4.78, 5) is 27.5. The molecule has 3 rings (SSSR count). The van der Waals surface area contributed by atoms with Crippen LogP contribution in [0.2, 0.25) is 0 Å². The highest BCUT2D eigenvalue weighted by Gasteiger charge is 2.31. The molecule has 2 aliphatic rings. The van der Waals surface area contributed by atoms with Crippen molar-refractivity contribution in [1.82, 2.24) is 4.90 Å². The number of hydrogen-bond acceptors (Lipinski definition) is 4. The molecule has 0 radical (unpaired) electrons. The lowest BCUT2D eigenvalue weighted by Gasteiger charge is -2.34. The molecule has 1 fully saturated rings. The number of fused-ring (bicyclic) bond motifs is 1. The molecule has 0 spiro atoms. The Bertz CT molecular complexity index is 583. The molecule has 1 N–H and O–H groups in total. The van der Waals surface area contributed by atoms with Gasteiger partial charge in [-0.25, -0.2) is 0 Å². The number of carbonyl (C=O) groups excluding carboxylic acids is 1. The van der Waals surface area contributed by atoms with Crippen LogP contribution in [0.25, 0.3) is 0 Å². The Hall–Kier alpha value is -1.40. The third-order valence-electron chi connectivity index (χ3n) is 4.44. The summed E-state index contributed by atoms with van der Waals surface area (Å²) in [5.41, 5.74) is 1.30. The van der Waals surface area contributed by atoms with E-state index in [0.717, 1.165) is 17.7 Å². The lowest BCUT2D eigenvalue weighted by Crippen LogP contribution is -2.49. The number of aryl methyl sites for hydroxylation is 1. The molecule has 2 unspecified atom stereocenters. The first-order valence-corrected chi connectivity index (χ1v) is 8.58. The Morgan fingerprint density at radius 2 is 2.32 bits per heavy atom. The normalized spacial score (nSPS) is 24.9. The first kappa shape index (κ1) is 15.5. The predicted molar refractivity (Wildman–Crippen MR) is 83.4 cm³/mol. The van der Waals surface area contributed by atoms with Crippen molar-refractivity contribution in [3.05, 3.63) is 21.4 Å². The second-order valence-corrected chi connectivity index (χ2v) is 7.37. The molecular weight excluding hydrogens is 302 g/mol. The number of carboxylic acid groups (broad SMARTS) is 1. The van der Waals surface area contributed by atoms with Crippen LogP contribution < -0.4 is 0 Å². The highest BCUT2D eigenvalue weighted by atomic mass is 32.1. The number of ether oxygens (including phenoxy) is 1. The molecular formula is C16H21NO4S. The van der Waals surface area contributed by atoms with Gasteiger partial charge in [0.15, 0.2) is 0 Å². The number of morpholine rings is 1. The first-order chi connectivity index (χ1) is 10.5. The highest BCUT2D eigenvalue weighted by molar-refractivity contribution is 7.14. The van der Waals surface area contributed by atoms with Crippen molar-refractivity contribution in [3.8, 4) is 0 Å². The standard InChI is InChI=1S/C16H21NO4S/c1-10-2-3-13-11(6-10)7-14(22-13)16(20)17-4-5-21-9-12(17)8-15(18)19/h7,10,12H,2-6,8-9H2,1H3,(H,18,19). The van der Waals surface area contributed by atoms with Crippen LogP contribution in [0, 0.1) is 5.92 Å². The zero-order chi connectivity index (χ0) is 15.7. The van der Waals surface area contributed by atoms with Crippen molar-refractivity contribution in [2.24, 2.45) is 5.92 Å². The van der Waals surface area contributed by atoms with Gasteiger partial charge in [0, 0.05) is 11.4 Å². The van der Waals surface area contributed by atoms with Crippen LogP contribution in [0.15, 0.2) is 6.07 Å². The minimum absolute atomic E-state index is 0.0402. The molecule has 1 saturated heterocycles. The highest BCUT2D eigenvalue weighted by Crippen LogP contribution is 2.33. The summed E-state index contributed by atoms with van der Waals surface area (Å²) < 4.78 is 5.34. The van der Waals surface area contributed by atoms with Gasteiger partial charge in [0.2, 0.25) is 0 Å². The third-order valence-corrected chi connectivity index (χ3v) is 5.66. The number of carbonyl (C=O) groups is 2. The summed E-state index contributed by atoms with van der Waals surface area (Å²) in [7, 11) is 0. The largest absolute Gasteiger partial charge is 0.481 e. The number of hydrogen-bond donors (Lipinski definition) is 1. The molecule has 2 heterocycles. The van der Waals surface area contributed by atoms with Crippen LogP contribution in [-0.4, -0.2) is 47.7 Å². The van der Waals surface area contributed by atoms with Crippen LogP contribution in [0.5, 0.6) is 0 Å². The Morgan fingerprint density at radius 1 is 1.50 bits per heavy atom. The molecule has 0 bridgehead atoms. The predicted octanol–water partition coefficient (Wildman–Crippen LogP) is 2.19. The van der Waals surface area contributed by atoms with E-state index in [0.29, 0.717) is 25.7 Å². The number of rotatable bonds is 3. The molecule has 6 heteroatoms. The molecule has 1 aromatic heterocycles. The van der Waals surface area contributed by atoms with E-state index in [-0.39, 0.29) is 18.4 Å². The number of carboxylic acids is 1. The van der Waals surface area contributed by atoms with E-state index in [2.05, 4.69) is 6.92 Å². The van der Waals surface area contributed by atoms with Crippen LogP contribution in [0.3, 0.4) is 0 Å². The van der Waals surface area contributed by atoms with Gasteiger partial charge in [-0.05, 0) is 36.8 Å². The van der Waals surface area contributed by atoms with E-state index in [1.54, 1.807) is 16.2 Å². The molecule has 1 aromatic rings. The molecule has 1 aliphatic carbocycles. The molecule has 0 aromatic carbocycles. The van der Waals surface area contributed by atoms with Gasteiger partial charge in [0.25, 0.3) is 5.91 Å². The fourth-order valence-electron chi connectivity index (χ4n) is 3.25. The molecule has 22 heavy (non-hydrogen) atoms. The summed E-state index contributed by atoms with van der Waals surface area (Å²) in [6, 6.07) is 1.66. The van der Waals surface area contributed by atoms with Crippen LogP contribution in [0.1, 0.15) is 39.9 Å². The lowest BCUT2D eigenvalue weighted by molar-refractivity contribution is -0.139. The smallest absolute Gasteiger partial charge is 0.305 e. The molecule has 0 saturated carbocycles. The van der Waals surface area contributed by atoms with E-state index >= 15 is 0 Å². The average molecular weight is 323 g/mol. The first-order valence-electron chi connectivity index (χ1n) is 7.76. The number of thiophene rings is 1. The van der Waals surface area contributed by atoms with Gasteiger partial charge in [-0.3, -0.25) is 9.59 Å². The van der Waals surface area contributed by atoms with Crippen molar-refractivity contribution in [3.63, 3.8) is 0 Å². The van der Waals surface area contributed by atoms with Gasteiger partial charge in [0.05, 0.1) is 30.6 Å². The topological polar surface area (TPSA) is 66.8 Å². The fourth-order valence-corrected chi connectivity index (χ4v) is 4.41. The Kier molecular flexibility index (Phi) is 4.49. The van der Waals surface area contributed by atoms with Gasteiger partial charge < -0.3 is 14.7 Å². The van der Waals surface area contributed by atoms with Crippen molar-refractivity contribution >= 4 is 23.2 Å². The van der Waals surface area contributed by atoms with E-state index < -0.39 is 5.97 Å². The summed E-state index contributed by atoms with van der Waals surface area (Å²) in [5, 5.41) is 9.01. The molecule has 1 amide bonds. The Balaban J connectivity index is 1.78. The van der Waals surface area contributed by atoms with Crippen LogP contribution in [0.4, 0.5) is 0 Å². The maximum Gasteiger partial charge on any atom is 0.305 e. The maximum atomic E-state index is 12.8. The van der Waals surface area contributed by atoms with Crippen molar-refractivity contribution < 1.29 is 19.4 Å². The van der Waals surface area contributed by atoms with Crippen molar-refractivity contribution in [2.75, 3.05) is 19.8 Å². The van der Waals surface area contributed by atoms with Gasteiger partial charge in [-0.1, -0.05) is 6.92 Å². The van der Waals surface area contributed by atoms with E-state index in [4.69, 9.17) is 9.84 Å². The Morgan fingerprint density at radius 3 is 3.09 bits per heavy atom. The van der Waals surface area contributed by atoms with Gasteiger partial charge in [-0.2, -0.15) is 0 Å². The molecule has 1 aliphatic heterocycles. The molecule has 2 atom stereocenters. The molecule has 5 nitrogen and oxygen atoms in total. The monoisotopic (exact) mass is 323 g/mol. The van der Waals surface area contributed by atoms with Crippen LogP contribution >= 0.6 is 11.3 Å². The Labute approximate surface area is 133 Å². The lowest BCUT2D eigenvalue weighted by atomic mass is 9.90. The summed E-state index contributed by atoms with van der Waals surface area (Å²) in [6.07, 6.45) is 3.21. The van der Waals surface area contributed by atoms with E-state index in [9.17, 15) is 9.59 Å². The second-order valence-electron chi connectivity index (χ2n) is 6.23. The van der Waals surface area contributed by atoms with Crippen molar-refractivity contribution in [1.29, 1.82) is 0 Å². The fraction of sp³-hybridized carbons (Fsp3) is 0.625. The SMILES string of the molecule is CC1CCc2sc(C(=O)N3CCOCC3CC(=O)O)cc2C1. The summed E-state index contributed by atoms with van der Waals surface area (Å²) >= 11 is 1.58. The minimum atomic E-state index is -0.896. The number of amides is 1. The average Bonchev–Trinajstić information content (AvgIpc) is 2.89. The minimum Gasteiger partial charge on any atom is -0.481 e. The van der Waals surface area contributed by atoms with Gasteiger partial charge in [0.1, 0.15) is 0 Å².